The average Bonchev–Trinajstić information content (AvgIpc) is 3.03. The van der Waals surface area contributed by atoms with Crippen molar-refractivity contribution in [2.45, 2.75) is 64.3 Å². The number of aliphatic hydroxyl groups excluding tert-OH is 1. The van der Waals surface area contributed by atoms with E-state index >= 15 is 0 Å². The summed E-state index contributed by atoms with van der Waals surface area (Å²) in [4.78, 5) is 39.7. The molecular formula is C21H29BrN2O6. The molecule has 2 amide bonds. The van der Waals surface area contributed by atoms with E-state index in [1.807, 2.05) is 0 Å². The number of halogens is 1. The highest BCUT2D eigenvalue weighted by atomic mass is 79.9. The Morgan fingerprint density at radius 2 is 1.80 bits per heavy atom. The second-order valence-electron chi connectivity index (χ2n) is 8.38. The Hall–Kier alpha value is -2.13. The number of carbonyl (C=O) groups is 3. The third-order valence-corrected chi connectivity index (χ3v) is 5.22. The maximum Gasteiger partial charge on any atom is 0.411 e. The Bertz CT molecular complexity index is 792. The lowest BCUT2D eigenvalue weighted by atomic mass is 9.91. The summed E-state index contributed by atoms with van der Waals surface area (Å²) in [6.07, 6.45) is -1.51. The number of β-amino-alcohol motifs (C(OH)–C–C–N with tert-alkyl or cyclic N) is 1. The zero-order valence-electron chi connectivity index (χ0n) is 17.9. The fraction of sp³-hybridized carbons (Fsp3) is 0.571. The van der Waals surface area contributed by atoms with Gasteiger partial charge >= 0.3 is 12.1 Å². The Morgan fingerprint density at radius 1 is 1.20 bits per heavy atom. The molecule has 30 heavy (non-hydrogen) atoms. The Balaban J connectivity index is 2.30. The standard InChI is InChI=1S/C21H29BrN2O6/c1-6-29-18(27)21(5,13-7-9-14(22)10-8-13)23-17(26)16-11-15(25)12-24(16)19(28)30-20(2,3)4/h7-10,15-16,25H,6,11-12H2,1-5H3,(H,23,26)/t15-,16+,21+/m1/s1. The van der Waals surface area contributed by atoms with Crippen molar-refractivity contribution in [2.24, 2.45) is 0 Å². The molecule has 1 aromatic rings. The molecule has 1 aromatic carbocycles. The maximum atomic E-state index is 13.1. The monoisotopic (exact) mass is 484 g/mol. The zero-order valence-corrected chi connectivity index (χ0v) is 19.5. The van der Waals surface area contributed by atoms with Gasteiger partial charge in [0.15, 0.2) is 5.54 Å². The minimum absolute atomic E-state index is 0.0264. The van der Waals surface area contributed by atoms with Gasteiger partial charge in [0.25, 0.3) is 0 Å². The van der Waals surface area contributed by atoms with Crippen LogP contribution in [0.1, 0.15) is 46.6 Å². The molecule has 3 atom stereocenters. The van der Waals surface area contributed by atoms with Crippen LogP contribution >= 0.6 is 15.9 Å². The zero-order chi connectivity index (χ0) is 22.7. The molecule has 1 saturated heterocycles. The smallest absolute Gasteiger partial charge is 0.411 e. The van der Waals surface area contributed by atoms with Crippen molar-refractivity contribution in [3.05, 3.63) is 34.3 Å². The molecule has 2 rings (SSSR count). The van der Waals surface area contributed by atoms with Gasteiger partial charge in [-0.25, -0.2) is 9.59 Å². The highest BCUT2D eigenvalue weighted by Crippen LogP contribution is 2.27. The van der Waals surface area contributed by atoms with Crippen molar-refractivity contribution in [3.8, 4) is 0 Å². The molecule has 9 heteroatoms. The predicted molar refractivity (Wildman–Crippen MR) is 114 cm³/mol. The third-order valence-electron chi connectivity index (χ3n) is 4.69. The fourth-order valence-corrected chi connectivity index (χ4v) is 3.48. The first-order chi connectivity index (χ1) is 13.9. The molecule has 1 aliphatic heterocycles. The van der Waals surface area contributed by atoms with Crippen molar-refractivity contribution >= 4 is 33.9 Å². The van der Waals surface area contributed by atoms with Gasteiger partial charge in [-0.05, 0) is 52.3 Å². The predicted octanol–water partition coefficient (Wildman–Crippen LogP) is 2.71. The van der Waals surface area contributed by atoms with Gasteiger partial charge in [-0.15, -0.1) is 0 Å². The maximum absolute atomic E-state index is 13.1. The van der Waals surface area contributed by atoms with Gasteiger partial charge in [0.2, 0.25) is 5.91 Å². The summed E-state index contributed by atoms with van der Waals surface area (Å²) < 4.78 is 11.4. The van der Waals surface area contributed by atoms with Crippen LogP contribution in [0.2, 0.25) is 0 Å². The molecule has 166 valence electrons. The van der Waals surface area contributed by atoms with Crippen LogP contribution in [0.15, 0.2) is 28.7 Å². The number of ether oxygens (including phenoxy) is 2. The molecule has 1 fully saturated rings. The van der Waals surface area contributed by atoms with Crippen LogP contribution in [0, 0.1) is 0 Å². The number of rotatable bonds is 5. The van der Waals surface area contributed by atoms with Crippen molar-refractivity contribution in [2.75, 3.05) is 13.2 Å². The summed E-state index contributed by atoms with van der Waals surface area (Å²) >= 11 is 3.35. The van der Waals surface area contributed by atoms with E-state index in [9.17, 15) is 19.5 Å². The summed E-state index contributed by atoms with van der Waals surface area (Å²) in [6.45, 7) is 8.51. The quantitative estimate of drug-likeness (QED) is 0.622. The van der Waals surface area contributed by atoms with E-state index in [1.54, 1.807) is 58.9 Å². The van der Waals surface area contributed by atoms with E-state index < -0.39 is 41.3 Å². The molecule has 0 unspecified atom stereocenters. The van der Waals surface area contributed by atoms with Crippen LogP contribution in [0.3, 0.4) is 0 Å². The van der Waals surface area contributed by atoms with Gasteiger partial charge < -0.3 is 19.9 Å². The Kier molecular flexibility index (Phi) is 7.52. The summed E-state index contributed by atoms with van der Waals surface area (Å²) in [7, 11) is 0. The van der Waals surface area contributed by atoms with Crippen molar-refractivity contribution in [1.82, 2.24) is 10.2 Å². The van der Waals surface area contributed by atoms with Gasteiger partial charge in [-0.2, -0.15) is 0 Å². The first-order valence-corrected chi connectivity index (χ1v) is 10.6. The Morgan fingerprint density at radius 3 is 2.33 bits per heavy atom. The Labute approximate surface area is 185 Å². The number of hydrogen-bond donors (Lipinski definition) is 2. The highest BCUT2D eigenvalue weighted by molar-refractivity contribution is 9.10. The van der Waals surface area contributed by atoms with Crippen LogP contribution in [0.5, 0.6) is 0 Å². The number of aliphatic hydroxyl groups is 1. The molecule has 1 heterocycles. The number of benzene rings is 1. The fourth-order valence-electron chi connectivity index (χ4n) is 3.21. The van der Waals surface area contributed by atoms with Crippen molar-refractivity contribution < 1.29 is 29.0 Å². The van der Waals surface area contributed by atoms with Crippen LogP contribution in [-0.2, 0) is 24.6 Å². The number of hydrogen-bond acceptors (Lipinski definition) is 6. The van der Waals surface area contributed by atoms with E-state index in [0.717, 1.165) is 4.47 Å². The summed E-state index contributed by atoms with van der Waals surface area (Å²) in [5.74, 6) is -1.20. The van der Waals surface area contributed by atoms with Gasteiger partial charge in [0.05, 0.1) is 19.3 Å². The van der Waals surface area contributed by atoms with Crippen molar-refractivity contribution in [3.63, 3.8) is 0 Å². The van der Waals surface area contributed by atoms with E-state index in [2.05, 4.69) is 21.2 Å². The molecule has 0 radical (unpaired) electrons. The normalized spacial score (nSPS) is 21.0. The van der Waals surface area contributed by atoms with Crippen LogP contribution in [0.4, 0.5) is 4.79 Å². The molecule has 0 aliphatic carbocycles. The molecule has 2 N–H and O–H groups in total. The first-order valence-electron chi connectivity index (χ1n) is 9.80. The summed E-state index contributed by atoms with van der Waals surface area (Å²) in [5.41, 5.74) is -1.69. The lowest BCUT2D eigenvalue weighted by Gasteiger charge is -2.32. The van der Waals surface area contributed by atoms with E-state index in [0.29, 0.717) is 5.56 Å². The molecule has 0 spiro atoms. The molecule has 0 bridgehead atoms. The van der Waals surface area contributed by atoms with Gasteiger partial charge in [-0.1, -0.05) is 28.1 Å². The first kappa shape index (κ1) is 24.1. The SMILES string of the molecule is CCOC(=O)[C@@](C)(NC(=O)[C@@H]1C[C@@H](O)CN1C(=O)OC(C)(C)C)c1ccc(Br)cc1. The van der Waals surface area contributed by atoms with Crippen LogP contribution in [-0.4, -0.2) is 58.9 Å². The molecule has 0 saturated carbocycles. The average molecular weight is 485 g/mol. The van der Waals surface area contributed by atoms with Gasteiger partial charge in [0.1, 0.15) is 11.6 Å². The van der Waals surface area contributed by atoms with E-state index in [4.69, 9.17) is 9.47 Å². The van der Waals surface area contributed by atoms with Crippen LogP contribution in [0.25, 0.3) is 0 Å². The highest BCUT2D eigenvalue weighted by Gasteiger charge is 2.45. The number of likely N-dealkylation sites (tertiary alicyclic amines) is 1. The van der Waals surface area contributed by atoms with E-state index in [-0.39, 0.29) is 19.6 Å². The largest absolute Gasteiger partial charge is 0.464 e. The van der Waals surface area contributed by atoms with Gasteiger partial charge in [-0.3, -0.25) is 9.69 Å². The number of amides is 2. The molecule has 8 nitrogen and oxygen atoms in total. The van der Waals surface area contributed by atoms with Crippen molar-refractivity contribution in [1.29, 1.82) is 0 Å². The second kappa shape index (κ2) is 9.34. The number of esters is 1. The molecule has 0 aromatic heterocycles. The summed E-state index contributed by atoms with van der Waals surface area (Å²) in [6, 6.07) is 5.95. The minimum Gasteiger partial charge on any atom is -0.464 e. The second-order valence-corrected chi connectivity index (χ2v) is 9.30. The van der Waals surface area contributed by atoms with E-state index in [1.165, 1.54) is 4.90 Å². The number of carbonyl (C=O) groups excluding carboxylic acids is 3. The molecule has 1 aliphatic rings. The topological polar surface area (TPSA) is 105 Å². The number of nitrogens with zero attached hydrogens (tertiary/aromatic N) is 1. The minimum atomic E-state index is -1.47. The lowest BCUT2D eigenvalue weighted by molar-refractivity contribution is -0.153. The van der Waals surface area contributed by atoms with Crippen LogP contribution < -0.4 is 5.32 Å². The number of nitrogens with one attached hydrogen (secondary N) is 1. The third kappa shape index (κ3) is 5.72. The van der Waals surface area contributed by atoms with Gasteiger partial charge in [0, 0.05) is 10.9 Å². The lowest BCUT2D eigenvalue weighted by Crippen LogP contribution is -2.56. The molecular weight excluding hydrogens is 456 g/mol. The summed E-state index contributed by atoms with van der Waals surface area (Å²) in [5, 5.41) is 12.8.